The number of nitrogens with one attached hydrogen (secondary N) is 1. The van der Waals surface area contributed by atoms with Gasteiger partial charge in [0.25, 0.3) is 5.91 Å². The SMILES string of the molecule is Cc1cc(N2CCC(c3ccccc3)C2)c2cc(NC(=O)c3ccco3)ccc2n1. The van der Waals surface area contributed by atoms with Gasteiger partial charge < -0.3 is 14.6 Å². The first-order valence-electron chi connectivity index (χ1n) is 10.2. The molecule has 0 saturated carbocycles. The maximum atomic E-state index is 12.4. The van der Waals surface area contributed by atoms with E-state index in [0.29, 0.717) is 11.7 Å². The van der Waals surface area contributed by atoms with Gasteiger partial charge in [0, 0.05) is 41.5 Å². The van der Waals surface area contributed by atoms with Gasteiger partial charge in [-0.2, -0.15) is 0 Å². The molecule has 1 aliphatic heterocycles. The molecule has 0 spiro atoms. The van der Waals surface area contributed by atoms with Crippen LogP contribution < -0.4 is 10.2 Å². The van der Waals surface area contributed by atoms with Crippen molar-refractivity contribution in [2.24, 2.45) is 0 Å². The van der Waals surface area contributed by atoms with E-state index in [9.17, 15) is 4.79 Å². The summed E-state index contributed by atoms with van der Waals surface area (Å²) in [5.74, 6) is 0.561. The smallest absolute Gasteiger partial charge is 0.291 e. The lowest BCUT2D eigenvalue weighted by molar-refractivity contribution is 0.0996. The van der Waals surface area contributed by atoms with E-state index in [4.69, 9.17) is 9.40 Å². The molecular formula is C25H23N3O2. The number of carbonyl (C=O) groups excluding carboxylic acids is 1. The molecule has 5 heteroatoms. The van der Waals surface area contributed by atoms with E-state index in [1.807, 2.05) is 25.1 Å². The first-order chi connectivity index (χ1) is 14.7. The number of furan rings is 1. The van der Waals surface area contributed by atoms with Gasteiger partial charge in [0.1, 0.15) is 0 Å². The number of nitrogens with zero attached hydrogens (tertiary/aromatic N) is 2. The maximum Gasteiger partial charge on any atom is 0.291 e. The molecule has 150 valence electrons. The molecule has 30 heavy (non-hydrogen) atoms. The van der Waals surface area contributed by atoms with Gasteiger partial charge in [0.05, 0.1) is 11.8 Å². The van der Waals surface area contributed by atoms with E-state index in [0.717, 1.165) is 41.8 Å². The molecular weight excluding hydrogens is 374 g/mol. The van der Waals surface area contributed by atoms with E-state index < -0.39 is 0 Å². The molecule has 0 bridgehead atoms. The van der Waals surface area contributed by atoms with E-state index in [1.54, 1.807) is 12.1 Å². The second-order valence-electron chi connectivity index (χ2n) is 7.79. The lowest BCUT2D eigenvalue weighted by Gasteiger charge is -2.22. The van der Waals surface area contributed by atoms with Crippen molar-refractivity contribution in [1.82, 2.24) is 4.98 Å². The number of rotatable bonds is 4. The van der Waals surface area contributed by atoms with Crippen LogP contribution in [0.1, 0.15) is 34.2 Å². The highest BCUT2D eigenvalue weighted by molar-refractivity contribution is 6.04. The highest BCUT2D eigenvalue weighted by atomic mass is 16.3. The Morgan fingerprint density at radius 2 is 1.97 bits per heavy atom. The van der Waals surface area contributed by atoms with Crippen molar-refractivity contribution in [3.63, 3.8) is 0 Å². The number of amides is 1. The van der Waals surface area contributed by atoms with Crippen molar-refractivity contribution in [2.75, 3.05) is 23.3 Å². The number of pyridine rings is 1. The van der Waals surface area contributed by atoms with E-state index in [1.165, 1.54) is 17.5 Å². The van der Waals surface area contributed by atoms with Crippen molar-refractivity contribution in [3.05, 3.63) is 90.0 Å². The molecule has 3 heterocycles. The van der Waals surface area contributed by atoms with Crippen molar-refractivity contribution in [2.45, 2.75) is 19.3 Å². The molecule has 1 amide bonds. The number of hydrogen-bond acceptors (Lipinski definition) is 4. The Hall–Kier alpha value is -3.60. The van der Waals surface area contributed by atoms with Gasteiger partial charge in [-0.1, -0.05) is 30.3 Å². The minimum atomic E-state index is -0.258. The predicted octanol–water partition coefficient (Wildman–Crippen LogP) is 5.38. The number of benzene rings is 2. The van der Waals surface area contributed by atoms with Crippen LogP contribution in [0.5, 0.6) is 0 Å². The first kappa shape index (κ1) is 18.4. The van der Waals surface area contributed by atoms with Crippen LogP contribution in [-0.2, 0) is 0 Å². The van der Waals surface area contributed by atoms with Crippen LogP contribution in [0.4, 0.5) is 11.4 Å². The summed E-state index contributed by atoms with van der Waals surface area (Å²) in [7, 11) is 0. The van der Waals surface area contributed by atoms with Crippen LogP contribution in [0.3, 0.4) is 0 Å². The average Bonchev–Trinajstić information content (AvgIpc) is 3.46. The van der Waals surface area contributed by atoms with Crippen LogP contribution in [0.25, 0.3) is 10.9 Å². The fraction of sp³-hybridized carbons (Fsp3) is 0.200. The minimum Gasteiger partial charge on any atom is -0.459 e. The standard InChI is InChI=1S/C25H23N3O2/c1-17-14-23(28-12-11-19(16-28)18-6-3-2-4-7-18)21-15-20(9-10-22(21)26-17)27-25(29)24-8-5-13-30-24/h2-10,13-15,19H,11-12,16H2,1H3,(H,27,29). The monoisotopic (exact) mass is 397 g/mol. The van der Waals surface area contributed by atoms with Gasteiger partial charge in [-0.05, 0) is 55.3 Å². The van der Waals surface area contributed by atoms with Crippen molar-refractivity contribution in [3.8, 4) is 0 Å². The Kier molecular flexibility index (Phi) is 4.71. The van der Waals surface area contributed by atoms with Crippen LogP contribution in [0.2, 0.25) is 0 Å². The highest BCUT2D eigenvalue weighted by Crippen LogP contribution is 2.35. The molecule has 1 atom stereocenters. The predicted molar refractivity (Wildman–Crippen MR) is 119 cm³/mol. The summed E-state index contributed by atoms with van der Waals surface area (Å²) < 4.78 is 5.20. The third-order valence-electron chi connectivity index (χ3n) is 5.72. The lowest BCUT2D eigenvalue weighted by Crippen LogP contribution is -2.20. The summed E-state index contributed by atoms with van der Waals surface area (Å²) in [5.41, 5.74) is 5.22. The van der Waals surface area contributed by atoms with Crippen LogP contribution in [0, 0.1) is 6.92 Å². The summed E-state index contributed by atoms with van der Waals surface area (Å²) >= 11 is 0. The number of hydrogen-bond donors (Lipinski definition) is 1. The normalized spacial score (nSPS) is 16.2. The Morgan fingerprint density at radius 1 is 1.10 bits per heavy atom. The molecule has 4 aromatic rings. The maximum absolute atomic E-state index is 12.4. The Bertz CT molecular complexity index is 1190. The molecule has 2 aromatic carbocycles. The van der Waals surface area contributed by atoms with Crippen LogP contribution >= 0.6 is 0 Å². The van der Waals surface area contributed by atoms with Gasteiger partial charge in [-0.3, -0.25) is 9.78 Å². The van der Waals surface area contributed by atoms with Gasteiger partial charge in [0.2, 0.25) is 0 Å². The Morgan fingerprint density at radius 3 is 2.77 bits per heavy atom. The largest absolute Gasteiger partial charge is 0.459 e. The second kappa shape index (κ2) is 7.67. The summed E-state index contributed by atoms with van der Waals surface area (Å²) in [6.45, 7) is 4.01. The zero-order valence-corrected chi connectivity index (χ0v) is 16.8. The third kappa shape index (κ3) is 3.54. The van der Waals surface area contributed by atoms with Gasteiger partial charge >= 0.3 is 0 Å². The summed E-state index contributed by atoms with van der Waals surface area (Å²) in [4.78, 5) is 19.5. The first-order valence-corrected chi connectivity index (χ1v) is 10.2. The number of anilines is 2. The lowest BCUT2D eigenvalue weighted by atomic mass is 9.99. The molecule has 1 aliphatic rings. The van der Waals surface area contributed by atoms with Crippen LogP contribution in [-0.4, -0.2) is 24.0 Å². The Labute approximate surface area is 175 Å². The van der Waals surface area contributed by atoms with Crippen molar-refractivity contribution >= 4 is 28.2 Å². The van der Waals surface area contributed by atoms with E-state index in [-0.39, 0.29) is 5.91 Å². The number of aryl methyl sites for hydroxylation is 1. The van der Waals surface area contributed by atoms with E-state index in [2.05, 4.69) is 46.6 Å². The summed E-state index contributed by atoms with van der Waals surface area (Å²) in [5, 5.41) is 3.97. The number of carbonyl (C=O) groups is 1. The molecule has 1 unspecified atom stereocenters. The Balaban J connectivity index is 1.46. The van der Waals surface area contributed by atoms with Gasteiger partial charge in [-0.15, -0.1) is 0 Å². The number of fused-ring (bicyclic) bond motifs is 1. The molecule has 1 N–H and O–H groups in total. The molecule has 2 aromatic heterocycles. The molecule has 5 rings (SSSR count). The van der Waals surface area contributed by atoms with Crippen molar-refractivity contribution < 1.29 is 9.21 Å². The van der Waals surface area contributed by atoms with Gasteiger partial charge in [-0.25, -0.2) is 0 Å². The summed E-state index contributed by atoms with van der Waals surface area (Å²) in [6.07, 6.45) is 2.62. The topological polar surface area (TPSA) is 58.4 Å². The average molecular weight is 397 g/mol. The molecule has 0 radical (unpaired) electrons. The van der Waals surface area contributed by atoms with Crippen molar-refractivity contribution in [1.29, 1.82) is 0 Å². The van der Waals surface area contributed by atoms with Crippen LogP contribution in [0.15, 0.2) is 77.4 Å². The summed E-state index contributed by atoms with van der Waals surface area (Å²) in [6, 6.07) is 22.1. The molecule has 1 saturated heterocycles. The molecule has 0 aliphatic carbocycles. The fourth-order valence-corrected chi connectivity index (χ4v) is 4.25. The quantitative estimate of drug-likeness (QED) is 0.502. The second-order valence-corrected chi connectivity index (χ2v) is 7.79. The fourth-order valence-electron chi connectivity index (χ4n) is 4.25. The highest BCUT2D eigenvalue weighted by Gasteiger charge is 2.25. The minimum absolute atomic E-state index is 0.258. The zero-order valence-electron chi connectivity index (χ0n) is 16.8. The zero-order chi connectivity index (χ0) is 20.5. The third-order valence-corrected chi connectivity index (χ3v) is 5.72. The number of aromatic nitrogens is 1. The van der Waals surface area contributed by atoms with E-state index >= 15 is 0 Å². The molecule has 1 fully saturated rings. The molecule has 5 nitrogen and oxygen atoms in total. The van der Waals surface area contributed by atoms with Gasteiger partial charge in [0.15, 0.2) is 5.76 Å².